The van der Waals surface area contributed by atoms with Crippen LogP contribution in [0.25, 0.3) is 0 Å². The summed E-state index contributed by atoms with van der Waals surface area (Å²) in [6.07, 6.45) is 9.94. The number of hydrogen-bond donors (Lipinski definition) is 2. The third kappa shape index (κ3) is 4.12. The molecule has 0 bridgehead atoms. The molecule has 2 atom stereocenters. The molecular weight excluding hydrogens is 186 g/mol. The van der Waals surface area contributed by atoms with Gasteiger partial charge in [0.25, 0.3) is 0 Å². The zero-order valence-electron chi connectivity index (χ0n) is 10.1. The van der Waals surface area contributed by atoms with Crippen molar-refractivity contribution in [3.8, 4) is 0 Å². The highest BCUT2D eigenvalue weighted by molar-refractivity contribution is 4.77. The highest BCUT2D eigenvalue weighted by Gasteiger charge is 2.25. The van der Waals surface area contributed by atoms with Gasteiger partial charge in [-0.05, 0) is 37.6 Å². The predicted molar refractivity (Wildman–Crippen MR) is 64.7 cm³/mol. The van der Waals surface area contributed by atoms with Gasteiger partial charge in [0.1, 0.15) is 0 Å². The van der Waals surface area contributed by atoms with Crippen LogP contribution in [0.1, 0.15) is 58.3 Å². The molecule has 0 heterocycles. The van der Waals surface area contributed by atoms with Gasteiger partial charge in [-0.1, -0.05) is 39.0 Å². The number of hydrogen-bond acceptors (Lipinski definition) is 2. The van der Waals surface area contributed by atoms with E-state index in [0.717, 1.165) is 6.42 Å². The van der Waals surface area contributed by atoms with Gasteiger partial charge in [0.2, 0.25) is 0 Å². The molecule has 1 aliphatic rings. The molecule has 0 aromatic rings. The Bertz CT molecular complexity index is 149. The zero-order valence-corrected chi connectivity index (χ0v) is 10.1. The lowest BCUT2D eigenvalue weighted by atomic mass is 9.81. The van der Waals surface area contributed by atoms with E-state index in [0.29, 0.717) is 18.4 Å². The lowest BCUT2D eigenvalue weighted by Crippen LogP contribution is -2.34. The molecule has 1 aliphatic carbocycles. The number of aliphatic hydroxyl groups is 1. The Morgan fingerprint density at radius 1 is 1.13 bits per heavy atom. The lowest BCUT2D eigenvalue weighted by molar-refractivity contribution is 0.0396. The summed E-state index contributed by atoms with van der Waals surface area (Å²) in [7, 11) is 0. The highest BCUT2D eigenvalue weighted by atomic mass is 16.3. The fraction of sp³-hybridized carbons (Fsp3) is 1.00. The average molecular weight is 213 g/mol. The van der Waals surface area contributed by atoms with Gasteiger partial charge in [-0.2, -0.15) is 0 Å². The van der Waals surface area contributed by atoms with E-state index in [2.05, 4.69) is 6.92 Å². The Labute approximate surface area is 94.2 Å². The second-order valence-corrected chi connectivity index (χ2v) is 5.00. The summed E-state index contributed by atoms with van der Waals surface area (Å²) in [4.78, 5) is 0. The molecule has 2 nitrogen and oxygen atoms in total. The normalized spacial score (nSPS) is 24.2. The molecular formula is C13H27NO. The molecule has 0 spiro atoms. The quantitative estimate of drug-likeness (QED) is 0.754. The molecule has 0 aromatic heterocycles. The zero-order chi connectivity index (χ0) is 11.1. The van der Waals surface area contributed by atoms with Gasteiger partial charge in [0.15, 0.2) is 0 Å². The molecule has 3 N–H and O–H groups in total. The fourth-order valence-electron chi connectivity index (χ4n) is 2.76. The average Bonchev–Trinajstić information content (AvgIpc) is 2.18. The number of rotatable bonds is 4. The standard InChI is InChI=1S/C13H27NO/c1-2-11(10-14)13(15)12-8-6-4-3-5-7-9-12/h11-13,15H,2-10,14H2,1H3. The fourth-order valence-corrected chi connectivity index (χ4v) is 2.76. The molecule has 2 unspecified atom stereocenters. The third-order valence-electron chi connectivity index (χ3n) is 3.94. The monoisotopic (exact) mass is 213 g/mol. The van der Waals surface area contributed by atoms with Crippen LogP contribution in [0.15, 0.2) is 0 Å². The van der Waals surface area contributed by atoms with Crippen LogP contribution >= 0.6 is 0 Å². The molecule has 1 fully saturated rings. The van der Waals surface area contributed by atoms with Crippen molar-refractivity contribution >= 4 is 0 Å². The maximum atomic E-state index is 10.3. The first kappa shape index (κ1) is 13.0. The van der Waals surface area contributed by atoms with Crippen molar-refractivity contribution in [2.45, 2.75) is 64.4 Å². The van der Waals surface area contributed by atoms with E-state index in [1.165, 1.54) is 44.9 Å². The second kappa shape index (κ2) is 7.24. The molecule has 90 valence electrons. The Morgan fingerprint density at radius 3 is 2.13 bits per heavy atom. The van der Waals surface area contributed by atoms with Crippen LogP contribution in [0.4, 0.5) is 0 Å². The third-order valence-corrected chi connectivity index (χ3v) is 3.94. The Hall–Kier alpha value is -0.0800. The summed E-state index contributed by atoms with van der Waals surface area (Å²) in [5.41, 5.74) is 5.70. The summed E-state index contributed by atoms with van der Waals surface area (Å²) < 4.78 is 0. The van der Waals surface area contributed by atoms with Gasteiger partial charge in [0.05, 0.1) is 6.10 Å². The van der Waals surface area contributed by atoms with Gasteiger partial charge in [-0.25, -0.2) is 0 Å². The van der Waals surface area contributed by atoms with Crippen molar-refractivity contribution in [3.63, 3.8) is 0 Å². The van der Waals surface area contributed by atoms with E-state index >= 15 is 0 Å². The largest absolute Gasteiger partial charge is 0.393 e. The maximum Gasteiger partial charge on any atom is 0.0608 e. The summed E-state index contributed by atoms with van der Waals surface area (Å²) in [6, 6.07) is 0. The summed E-state index contributed by atoms with van der Waals surface area (Å²) >= 11 is 0. The molecule has 1 rings (SSSR count). The Balaban J connectivity index is 2.43. The second-order valence-electron chi connectivity index (χ2n) is 5.00. The van der Waals surface area contributed by atoms with Crippen molar-refractivity contribution < 1.29 is 5.11 Å². The molecule has 15 heavy (non-hydrogen) atoms. The van der Waals surface area contributed by atoms with E-state index in [4.69, 9.17) is 5.73 Å². The van der Waals surface area contributed by atoms with Crippen LogP contribution in [0.5, 0.6) is 0 Å². The SMILES string of the molecule is CCC(CN)C(O)C1CCCCCCC1. The summed E-state index contributed by atoms with van der Waals surface area (Å²) in [6.45, 7) is 2.76. The first-order valence-corrected chi connectivity index (χ1v) is 6.67. The van der Waals surface area contributed by atoms with Crippen LogP contribution in [-0.2, 0) is 0 Å². The van der Waals surface area contributed by atoms with Crippen LogP contribution in [0, 0.1) is 11.8 Å². The van der Waals surface area contributed by atoms with Gasteiger partial charge in [0, 0.05) is 0 Å². The van der Waals surface area contributed by atoms with Gasteiger partial charge < -0.3 is 10.8 Å². The Kier molecular flexibility index (Phi) is 6.26. The molecule has 0 radical (unpaired) electrons. The molecule has 0 aliphatic heterocycles. The minimum Gasteiger partial charge on any atom is -0.393 e. The highest BCUT2D eigenvalue weighted by Crippen LogP contribution is 2.28. The predicted octanol–water partition coefficient (Wildman–Crippen LogP) is 2.69. The van der Waals surface area contributed by atoms with Crippen LogP contribution in [0.3, 0.4) is 0 Å². The minimum atomic E-state index is -0.155. The van der Waals surface area contributed by atoms with Gasteiger partial charge >= 0.3 is 0 Å². The summed E-state index contributed by atoms with van der Waals surface area (Å²) in [5.74, 6) is 0.827. The van der Waals surface area contributed by atoms with Crippen molar-refractivity contribution in [1.29, 1.82) is 0 Å². The van der Waals surface area contributed by atoms with E-state index < -0.39 is 0 Å². The van der Waals surface area contributed by atoms with E-state index in [1.54, 1.807) is 0 Å². The lowest BCUT2D eigenvalue weighted by Gasteiger charge is -2.30. The van der Waals surface area contributed by atoms with Crippen molar-refractivity contribution in [3.05, 3.63) is 0 Å². The Morgan fingerprint density at radius 2 is 1.67 bits per heavy atom. The van der Waals surface area contributed by atoms with Gasteiger partial charge in [-0.15, -0.1) is 0 Å². The first-order chi connectivity index (χ1) is 7.29. The summed E-state index contributed by atoms with van der Waals surface area (Å²) in [5, 5.41) is 10.3. The molecule has 0 saturated heterocycles. The topological polar surface area (TPSA) is 46.2 Å². The molecule has 0 amide bonds. The number of aliphatic hydroxyl groups excluding tert-OH is 1. The molecule has 0 aromatic carbocycles. The maximum absolute atomic E-state index is 10.3. The van der Waals surface area contributed by atoms with Crippen LogP contribution < -0.4 is 5.73 Å². The molecule has 1 saturated carbocycles. The first-order valence-electron chi connectivity index (χ1n) is 6.67. The van der Waals surface area contributed by atoms with E-state index in [1.807, 2.05) is 0 Å². The van der Waals surface area contributed by atoms with Crippen LogP contribution in [-0.4, -0.2) is 17.8 Å². The van der Waals surface area contributed by atoms with E-state index in [9.17, 15) is 5.11 Å². The molecule has 2 heteroatoms. The van der Waals surface area contributed by atoms with E-state index in [-0.39, 0.29) is 6.10 Å². The van der Waals surface area contributed by atoms with Crippen molar-refractivity contribution in [2.24, 2.45) is 17.6 Å². The van der Waals surface area contributed by atoms with Crippen molar-refractivity contribution in [2.75, 3.05) is 6.54 Å². The van der Waals surface area contributed by atoms with Crippen molar-refractivity contribution in [1.82, 2.24) is 0 Å². The van der Waals surface area contributed by atoms with Crippen LogP contribution in [0.2, 0.25) is 0 Å². The smallest absolute Gasteiger partial charge is 0.0608 e. The number of nitrogens with two attached hydrogens (primary N) is 1. The van der Waals surface area contributed by atoms with Gasteiger partial charge in [-0.3, -0.25) is 0 Å². The minimum absolute atomic E-state index is 0.155.